The number of carbonyl (C=O) groups excluding carboxylic acids is 1. The minimum Gasteiger partial charge on any atom is -0.550 e. The van der Waals surface area contributed by atoms with Gasteiger partial charge in [-0.2, -0.15) is 0 Å². The van der Waals surface area contributed by atoms with Gasteiger partial charge in [-0.1, -0.05) is 11.3 Å². The molecule has 1 rings (SSSR count). The maximum absolute atomic E-state index is 11.8. The fourth-order valence-electron chi connectivity index (χ4n) is 1.39. The molecular weight excluding hydrogens is 310 g/mol. The van der Waals surface area contributed by atoms with Gasteiger partial charge in [0.15, 0.2) is 0 Å². The van der Waals surface area contributed by atoms with Gasteiger partial charge in [-0.3, -0.25) is 0 Å². The second-order valence-corrected chi connectivity index (χ2v) is 7.38. The van der Waals surface area contributed by atoms with Crippen molar-refractivity contribution in [1.29, 1.82) is 0 Å². The summed E-state index contributed by atoms with van der Waals surface area (Å²) in [6.07, 6.45) is -3.77. The Morgan fingerprint density at radius 3 is 2.40 bits per heavy atom. The van der Waals surface area contributed by atoms with Crippen LogP contribution < -0.4 is 11.3 Å². The zero-order valence-electron chi connectivity index (χ0n) is 11.0. The number of sulfone groups is 1. The topological polar surface area (TPSA) is 177 Å². The fraction of sp³-hybridized carbons (Fsp3) is 0.667. The Bertz CT molecular complexity index is 544. The van der Waals surface area contributed by atoms with E-state index < -0.39 is 40.2 Å². The number of aryl methyl sites for hydroxylation is 1. The Morgan fingerprint density at radius 1 is 1.35 bits per heavy atom. The first-order valence-corrected chi connectivity index (χ1v) is 7.76. The molecule has 11 heteroatoms. The van der Waals surface area contributed by atoms with Crippen molar-refractivity contribution in [2.45, 2.75) is 36.3 Å². The van der Waals surface area contributed by atoms with Gasteiger partial charge in [0.2, 0.25) is 14.2 Å². The third-order valence-corrected chi connectivity index (χ3v) is 5.21. The van der Waals surface area contributed by atoms with Gasteiger partial charge in [-0.25, -0.2) is 8.42 Å². The lowest BCUT2D eigenvalue weighted by Crippen LogP contribution is -2.31. The van der Waals surface area contributed by atoms with Gasteiger partial charge < -0.3 is 26.3 Å². The average molecular weight is 327 g/mol. The molecule has 116 valence electrons. The summed E-state index contributed by atoms with van der Waals surface area (Å²) in [6, 6.07) is 0. The second-order valence-electron chi connectivity index (χ2n) is 3.99. The third-order valence-electron chi connectivity index (χ3n) is 2.13. The second kappa shape index (κ2) is 7.59. The van der Waals surface area contributed by atoms with Crippen molar-refractivity contribution in [2.75, 3.05) is 5.75 Å². The number of aliphatic hydroxyl groups excluding tert-OH is 2. The smallest absolute Gasteiger partial charge is 0.232 e. The molecule has 0 aliphatic rings. The molecule has 1 aromatic heterocycles. The minimum absolute atomic E-state index is 0. The maximum atomic E-state index is 11.8. The van der Waals surface area contributed by atoms with Gasteiger partial charge >= 0.3 is 0 Å². The van der Waals surface area contributed by atoms with Crippen LogP contribution in [0.3, 0.4) is 0 Å². The van der Waals surface area contributed by atoms with Crippen LogP contribution in [0.4, 0.5) is 0 Å². The number of carboxylic acid groups (broad SMARTS) is 1. The average Bonchev–Trinajstić information content (AvgIpc) is 2.62. The standard InChI is InChI=1S/C9H14N2O6S2.H3N/c1-5-10-11-9(18-5)19(16,17)4-7(13)2-6(12)3-8(14)15;/h6-7,12-13H,2-4H2,1H3,(H,14,15);1H3/t6-,7+;/m1./s1. The van der Waals surface area contributed by atoms with E-state index in [1.54, 1.807) is 6.92 Å². The summed E-state index contributed by atoms with van der Waals surface area (Å²) in [6.45, 7) is 1.59. The van der Waals surface area contributed by atoms with E-state index in [1.165, 1.54) is 0 Å². The van der Waals surface area contributed by atoms with E-state index in [2.05, 4.69) is 10.2 Å². The van der Waals surface area contributed by atoms with Gasteiger partial charge in [-0.05, 0) is 6.92 Å². The molecule has 20 heavy (non-hydrogen) atoms. The highest BCUT2D eigenvalue weighted by Gasteiger charge is 2.25. The molecule has 2 atom stereocenters. The number of aliphatic hydroxyl groups is 2. The van der Waals surface area contributed by atoms with Gasteiger partial charge in [0.1, 0.15) is 5.01 Å². The fourth-order valence-corrected chi connectivity index (χ4v) is 3.83. The van der Waals surface area contributed by atoms with Crippen LogP contribution in [0.1, 0.15) is 17.8 Å². The number of rotatable bonds is 7. The number of carbonyl (C=O) groups is 1. The van der Waals surface area contributed by atoms with Crippen molar-refractivity contribution in [1.82, 2.24) is 16.3 Å². The van der Waals surface area contributed by atoms with Crippen LogP contribution in [0.2, 0.25) is 0 Å². The molecule has 0 saturated carbocycles. The number of nitrogens with zero attached hydrogens (tertiary/aromatic N) is 2. The number of quaternary nitrogens is 1. The molecule has 0 aromatic carbocycles. The van der Waals surface area contributed by atoms with E-state index in [4.69, 9.17) is 0 Å². The Labute approximate surface area is 119 Å². The molecule has 1 aromatic rings. The van der Waals surface area contributed by atoms with Crippen LogP contribution in [0.15, 0.2) is 4.34 Å². The third kappa shape index (κ3) is 5.88. The molecule has 9 nitrogen and oxygen atoms in total. The highest BCUT2D eigenvalue weighted by molar-refractivity contribution is 7.93. The van der Waals surface area contributed by atoms with Crippen molar-refractivity contribution in [3.8, 4) is 0 Å². The van der Waals surface area contributed by atoms with Crippen LogP contribution >= 0.6 is 11.3 Å². The van der Waals surface area contributed by atoms with Gasteiger partial charge in [0.25, 0.3) is 0 Å². The quantitative estimate of drug-likeness (QED) is 0.527. The molecule has 0 aliphatic heterocycles. The van der Waals surface area contributed by atoms with E-state index in [9.17, 15) is 28.5 Å². The lowest BCUT2D eigenvalue weighted by atomic mass is 10.1. The number of aromatic nitrogens is 2. The van der Waals surface area contributed by atoms with Crippen molar-refractivity contribution < 1.29 is 28.5 Å². The highest BCUT2D eigenvalue weighted by atomic mass is 32.2. The molecule has 1 heterocycles. The van der Waals surface area contributed by atoms with Crippen molar-refractivity contribution >= 4 is 27.1 Å². The molecule has 0 unspecified atom stereocenters. The molecule has 0 aliphatic carbocycles. The molecule has 6 N–H and O–H groups in total. The Morgan fingerprint density at radius 2 is 1.95 bits per heavy atom. The monoisotopic (exact) mass is 327 g/mol. The molecule has 0 fully saturated rings. The summed E-state index contributed by atoms with van der Waals surface area (Å²) in [5.74, 6) is -2.12. The molecule has 0 amide bonds. The summed E-state index contributed by atoms with van der Waals surface area (Å²) in [4.78, 5) is 10.2. The number of hydrogen-bond donors (Lipinski definition) is 3. The van der Waals surface area contributed by atoms with Crippen LogP contribution in [0, 0.1) is 6.92 Å². The first-order valence-electron chi connectivity index (χ1n) is 5.29. The zero-order chi connectivity index (χ0) is 14.6. The number of aliphatic carboxylic acids is 1. The maximum Gasteiger partial charge on any atom is 0.232 e. The molecule has 0 saturated heterocycles. The van der Waals surface area contributed by atoms with E-state index >= 15 is 0 Å². The van der Waals surface area contributed by atoms with Crippen LogP contribution in [0.5, 0.6) is 0 Å². The first-order chi connectivity index (χ1) is 8.70. The first kappa shape index (κ1) is 18.9. The van der Waals surface area contributed by atoms with Gasteiger partial charge in [0, 0.05) is 18.8 Å². The lowest BCUT2D eigenvalue weighted by Gasteiger charge is -2.15. The SMILES string of the molecule is Cc1nnc(S(=O)(=O)C[C@@H](O)C[C@@H](O)CC(=O)[O-])s1.[NH4+]. The van der Waals surface area contributed by atoms with Crippen molar-refractivity contribution in [3.63, 3.8) is 0 Å². The minimum atomic E-state index is -3.79. The van der Waals surface area contributed by atoms with E-state index in [-0.39, 0.29) is 16.9 Å². The van der Waals surface area contributed by atoms with Crippen molar-refractivity contribution in [3.05, 3.63) is 5.01 Å². The van der Waals surface area contributed by atoms with Crippen LogP contribution in [0.25, 0.3) is 0 Å². The van der Waals surface area contributed by atoms with E-state index in [0.29, 0.717) is 5.01 Å². The number of hydrogen-bond acceptors (Lipinski definition) is 9. The summed E-state index contributed by atoms with van der Waals surface area (Å²) in [7, 11) is -3.79. The predicted octanol–water partition coefficient (Wildman–Crippen LogP) is -1.75. The van der Waals surface area contributed by atoms with E-state index in [1.807, 2.05) is 0 Å². The Balaban J connectivity index is 0.00000361. The molecular formula is C9H17N3O6S2. The summed E-state index contributed by atoms with van der Waals surface area (Å²) in [5, 5.41) is 36.5. The largest absolute Gasteiger partial charge is 0.550 e. The Hall–Kier alpha value is -1.14. The Kier molecular flexibility index (Phi) is 7.16. The normalized spacial score (nSPS) is 14.3. The van der Waals surface area contributed by atoms with Crippen molar-refractivity contribution in [2.24, 2.45) is 0 Å². The molecule has 0 bridgehead atoms. The molecule has 0 radical (unpaired) electrons. The summed E-state index contributed by atoms with van der Waals surface area (Å²) in [5.41, 5.74) is 0. The molecule has 0 spiro atoms. The summed E-state index contributed by atoms with van der Waals surface area (Å²) >= 11 is 0.878. The van der Waals surface area contributed by atoms with Crippen LogP contribution in [-0.2, 0) is 14.6 Å². The predicted molar refractivity (Wildman–Crippen MR) is 68.9 cm³/mol. The zero-order valence-corrected chi connectivity index (χ0v) is 12.6. The lowest BCUT2D eigenvalue weighted by molar-refractivity contribution is -0.307. The van der Waals surface area contributed by atoms with Crippen LogP contribution in [-0.4, -0.2) is 52.8 Å². The van der Waals surface area contributed by atoms with Gasteiger partial charge in [-0.15, -0.1) is 10.2 Å². The summed E-state index contributed by atoms with van der Waals surface area (Å²) < 4.78 is 23.4. The van der Waals surface area contributed by atoms with Gasteiger partial charge in [0.05, 0.1) is 18.0 Å². The number of carboxylic acids is 1. The highest BCUT2D eigenvalue weighted by Crippen LogP contribution is 2.18. The van der Waals surface area contributed by atoms with E-state index in [0.717, 1.165) is 11.3 Å².